The number of aromatic carboxylic acids is 1. The Hall–Kier alpha value is -4.10. The quantitative estimate of drug-likeness (QED) is 0.457. The highest BCUT2D eigenvalue weighted by molar-refractivity contribution is 6.01. The van der Waals surface area contributed by atoms with Gasteiger partial charge in [-0.3, -0.25) is 9.78 Å². The molecule has 2 N–H and O–H groups in total. The number of fused-ring (bicyclic) bond motifs is 1. The van der Waals surface area contributed by atoms with Crippen LogP contribution in [0.5, 0.6) is 0 Å². The van der Waals surface area contributed by atoms with Gasteiger partial charge < -0.3 is 15.3 Å². The number of aromatic nitrogens is 3. The Kier molecular flexibility index (Phi) is 6.60. The average Bonchev–Trinajstić information content (AvgIpc) is 3.39. The molecule has 1 unspecified atom stereocenters. The first kappa shape index (κ1) is 26.0. The van der Waals surface area contributed by atoms with Gasteiger partial charge in [0.15, 0.2) is 5.69 Å². The van der Waals surface area contributed by atoms with Crippen molar-refractivity contribution in [3.05, 3.63) is 76.2 Å². The number of carboxylic acids is 1. The fraction of sp³-hybridized carbons (Fsp3) is 0.304. The summed E-state index contributed by atoms with van der Waals surface area (Å²) in [4.78, 5) is 29.4. The van der Waals surface area contributed by atoms with Crippen molar-refractivity contribution in [2.75, 3.05) is 11.4 Å². The number of benzene rings is 1. The van der Waals surface area contributed by atoms with Crippen LogP contribution in [0.1, 0.15) is 56.2 Å². The van der Waals surface area contributed by atoms with E-state index < -0.39 is 47.1 Å². The Bertz CT molecular complexity index is 1330. The molecule has 1 aliphatic heterocycles. The van der Waals surface area contributed by atoms with E-state index in [4.69, 9.17) is 5.11 Å². The molecule has 2 aromatic heterocycles. The summed E-state index contributed by atoms with van der Waals surface area (Å²) in [7, 11) is 0. The highest BCUT2D eigenvalue weighted by Crippen LogP contribution is 2.39. The molecule has 4 rings (SSSR count). The van der Waals surface area contributed by atoms with Gasteiger partial charge in [-0.2, -0.15) is 31.4 Å². The highest BCUT2D eigenvalue weighted by Gasteiger charge is 2.44. The number of nitrogens with zero attached hydrogens (tertiary/aromatic N) is 4. The fourth-order valence-electron chi connectivity index (χ4n) is 4.01. The Morgan fingerprint density at radius 2 is 1.81 bits per heavy atom. The third kappa shape index (κ3) is 5.37. The molecule has 37 heavy (non-hydrogen) atoms. The molecular weight excluding hydrogens is 508 g/mol. The Morgan fingerprint density at radius 1 is 1.08 bits per heavy atom. The van der Waals surface area contributed by atoms with Crippen molar-refractivity contribution in [2.24, 2.45) is 0 Å². The number of halogens is 6. The summed E-state index contributed by atoms with van der Waals surface area (Å²) in [6, 6.07) is 6.06. The van der Waals surface area contributed by atoms with E-state index in [1.165, 1.54) is 36.1 Å². The van der Waals surface area contributed by atoms with Gasteiger partial charge in [0.2, 0.25) is 0 Å². The molecule has 0 radical (unpaired) electrons. The molecule has 1 amide bonds. The predicted molar refractivity (Wildman–Crippen MR) is 117 cm³/mol. The second-order valence-corrected chi connectivity index (χ2v) is 8.36. The van der Waals surface area contributed by atoms with Gasteiger partial charge in [0, 0.05) is 19.3 Å². The number of pyridine rings is 1. The van der Waals surface area contributed by atoms with Crippen LogP contribution in [-0.2, 0) is 25.4 Å². The summed E-state index contributed by atoms with van der Waals surface area (Å²) in [6.07, 6.45) is -8.52. The minimum Gasteiger partial charge on any atom is -0.478 e. The molecule has 3 aromatic rings. The van der Waals surface area contributed by atoms with Gasteiger partial charge in [-0.25, -0.2) is 9.48 Å². The van der Waals surface area contributed by atoms with Gasteiger partial charge in [0.25, 0.3) is 5.91 Å². The van der Waals surface area contributed by atoms with E-state index >= 15 is 0 Å². The standard InChI is InChI=1S/C23H19F6N5O3/c1-12(16-6-5-14(10-30-16)21(36)37)31-19(35)17-18(23(27,28)29)32-34-8-7-33(20(17)34)11-13-3-2-4-15(9-13)22(24,25)26/h2-6,9-10,12H,7-8,11H2,1H3,(H,31,35)(H,36,37). The molecule has 1 atom stereocenters. The number of carbonyl (C=O) groups is 2. The first-order valence-corrected chi connectivity index (χ1v) is 10.8. The van der Waals surface area contributed by atoms with Crippen molar-refractivity contribution >= 4 is 17.7 Å². The van der Waals surface area contributed by atoms with Crippen LogP contribution in [0, 0.1) is 0 Å². The van der Waals surface area contributed by atoms with Crippen molar-refractivity contribution in [2.45, 2.75) is 38.4 Å². The molecule has 0 saturated carbocycles. The Morgan fingerprint density at radius 3 is 2.41 bits per heavy atom. The highest BCUT2D eigenvalue weighted by atomic mass is 19.4. The number of anilines is 1. The average molecular weight is 527 g/mol. The summed E-state index contributed by atoms with van der Waals surface area (Å²) in [5.41, 5.74) is -2.79. The third-order valence-corrected chi connectivity index (χ3v) is 5.75. The van der Waals surface area contributed by atoms with Crippen molar-refractivity contribution in [3.8, 4) is 0 Å². The zero-order valence-electron chi connectivity index (χ0n) is 19.1. The van der Waals surface area contributed by atoms with E-state index in [0.29, 0.717) is 0 Å². The number of hydrogen-bond donors (Lipinski definition) is 2. The summed E-state index contributed by atoms with van der Waals surface area (Å²) in [5, 5.41) is 15.0. The second-order valence-electron chi connectivity index (χ2n) is 8.36. The minimum absolute atomic E-state index is 0.00157. The van der Waals surface area contributed by atoms with Crippen LogP contribution in [0.15, 0.2) is 42.6 Å². The van der Waals surface area contributed by atoms with Crippen LogP contribution in [0.2, 0.25) is 0 Å². The van der Waals surface area contributed by atoms with Crippen molar-refractivity contribution in [3.63, 3.8) is 0 Å². The zero-order chi connectivity index (χ0) is 27.1. The van der Waals surface area contributed by atoms with Gasteiger partial charge >= 0.3 is 18.3 Å². The summed E-state index contributed by atoms with van der Waals surface area (Å²) >= 11 is 0. The molecule has 0 saturated heterocycles. The number of carboxylic acid groups (broad SMARTS) is 1. The van der Waals surface area contributed by atoms with Crippen molar-refractivity contribution in [1.82, 2.24) is 20.1 Å². The van der Waals surface area contributed by atoms with Crippen LogP contribution in [0.25, 0.3) is 0 Å². The lowest BCUT2D eigenvalue weighted by atomic mass is 10.1. The lowest BCUT2D eigenvalue weighted by molar-refractivity contribution is -0.142. The molecule has 0 aliphatic carbocycles. The number of carbonyl (C=O) groups excluding carboxylic acids is 1. The van der Waals surface area contributed by atoms with Crippen molar-refractivity contribution in [1.29, 1.82) is 0 Å². The van der Waals surface area contributed by atoms with E-state index in [-0.39, 0.29) is 42.3 Å². The lowest BCUT2D eigenvalue weighted by Gasteiger charge is -2.21. The van der Waals surface area contributed by atoms with Crippen LogP contribution < -0.4 is 10.2 Å². The zero-order valence-corrected chi connectivity index (χ0v) is 19.1. The Labute approximate surface area is 205 Å². The van der Waals surface area contributed by atoms with E-state index in [0.717, 1.165) is 23.0 Å². The number of amides is 1. The first-order valence-electron chi connectivity index (χ1n) is 10.8. The summed E-state index contributed by atoms with van der Waals surface area (Å²) in [5.74, 6) is -2.49. The molecular formula is C23H19F6N5O3. The van der Waals surface area contributed by atoms with Gasteiger partial charge in [-0.1, -0.05) is 12.1 Å². The molecule has 1 aliphatic rings. The summed E-state index contributed by atoms with van der Waals surface area (Å²) < 4.78 is 81.8. The number of hydrogen-bond acceptors (Lipinski definition) is 5. The minimum atomic E-state index is -4.98. The van der Waals surface area contributed by atoms with Gasteiger partial charge in [-0.05, 0) is 36.8 Å². The molecule has 3 heterocycles. The second kappa shape index (κ2) is 9.41. The molecule has 8 nitrogen and oxygen atoms in total. The van der Waals surface area contributed by atoms with Gasteiger partial charge in [0.1, 0.15) is 11.4 Å². The smallest absolute Gasteiger partial charge is 0.436 e. The molecule has 0 fully saturated rings. The monoisotopic (exact) mass is 527 g/mol. The number of alkyl halides is 6. The Balaban J connectivity index is 1.65. The van der Waals surface area contributed by atoms with Gasteiger partial charge in [0.05, 0.1) is 29.4 Å². The maximum atomic E-state index is 13.8. The third-order valence-electron chi connectivity index (χ3n) is 5.75. The van der Waals surface area contributed by atoms with E-state index in [2.05, 4.69) is 15.4 Å². The molecule has 0 spiro atoms. The fourth-order valence-corrected chi connectivity index (χ4v) is 4.01. The van der Waals surface area contributed by atoms with Crippen molar-refractivity contribution < 1.29 is 41.0 Å². The van der Waals surface area contributed by atoms with Crippen LogP contribution in [-0.4, -0.2) is 38.3 Å². The number of nitrogens with one attached hydrogen (secondary N) is 1. The molecule has 196 valence electrons. The number of rotatable bonds is 6. The maximum Gasteiger partial charge on any atom is 0.436 e. The van der Waals surface area contributed by atoms with E-state index in [1.807, 2.05) is 0 Å². The van der Waals surface area contributed by atoms with Crippen LogP contribution in [0.3, 0.4) is 0 Å². The first-order chi connectivity index (χ1) is 17.3. The summed E-state index contributed by atoms with van der Waals surface area (Å²) in [6.45, 7) is 1.40. The van der Waals surface area contributed by atoms with Crippen LogP contribution >= 0.6 is 0 Å². The maximum absolute atomic E-state index is 13.8. The van der Waals surface area contributed by atoms with E-state index in [1.54, 1.807) is 0 Å². The lowest BCUT2D eigenvalue weighted by Crippen LogP contribution is -2.31. The molecule has 14 heteroatoms. The topological polar surface area (TPSA) is 100 Å². The molecule has 0 bridgehead atoms. The van der Waals surface area contributed by atoms with E-state index in [9.17, 15) is 35.9 Å². The SMILES string of the molecule is CC(NC(=O)c1c(C(F)(F)F)nn2c1N(Cc1cccc(C(F)(F)F)c1)CC2)c1ccc(C(=O)O)cn1. The van der Waals surface area contributed by atoms with Crippen LogP contribution in [0.4, 0.5) is 32.2 Å². The predicted octanol–water partition coefficient (Wildman–Crippen LogP) is 4.53. The van der Waals surface area contributed by atoms with Gasteiger partial charge in [-0.15, -0.1) is 0 Å². The normalized spacial score (nSPS) is 14.4. The largest absolute Gasteiger partial charge is 0.478 e. The molecule has 1 aromatic carbocycles.